The van der Waals surface area contributed by atoms with Gasteiger partial charge in [0.15, 0.2) is 0 Å². The number of rotatable bonds is 4. The van der Waals surface area contributed by atoms with E-state index in [1.165, 1.54) is 0 Å². The molecule has 4 N–H and O–H groups in total. The lowest BCUT2D eigenvalue weighted by Crippen LogP contribution is -2.14. The lowest BCUT2D eigenvalue weighted by atomic mass is 10.2. The van der Waals surface area contributed by atoms with Crippen molar-refractivity contribution in [1.29, 1.82) is 0 Å². The Balaban J connectivity index is 2.51. The Bertz CT molecular complexity index is 337. The summed E-state index contributed by atoms with van der Waals surface area (Å²) in [4.78, 5) is 10.4. The van der Waals surface area contributed by atoms with Crippen molar-refractivity contribution in [1.82, 2.24) is 0 Å². The van der Waals surface area contributed by atoms with Gasteiger partial charge in [-0.15, -0.1) is 0 Å². The summed E-state index contributed by atoms with van der Waals surface area (Å²) in [5, 5.41) is 0. The van der Waals surface area contributed by atoms with E-state index in [1.807, 2.05) is 19.1 Å². The Morgan fingerprint density at radius 2 is 2.21 bits per heavy atom. The Morgan fingerprint density at radius 1 is 1.50 bits per heavy atom. The van der Waals surface area contributed by atoms with Crippen LogP contribution in [0.3, 0.4) is 0 Å². The molecular weight excluding hydrogens is 180 g/mol. The summed E-state index contributed by atoms with van der Waals surface area (Å²) in [6.07, 6.45) is 0.216. The zero-order valence-electron chi connectivity index (χ0n) is 8.12. The van der Waals surface area contributed by atoms with Gasteiger partial charge in [0.05, 0.1) is 13.0 Å². The van der Waals surface area contributed by atoms with Crippen molar-refractivity contribution in [2.75, 3.05) is 12.3 Å². The number of primary amides is 1. The highest BCUT2D eigenvalue weighted by Gasteiger charge is 1.99. The average Bonchev–Trinajstić information content (AvgIpc) is 2.10. The largest absolute Gasteiger partial charge is 0.493 e. The van der Waals surface area contributed by atoms with Crippen LogP contribution in [-0.2, 0) is 4.79 Å². The number of amides is 1. The summed E-state index contributed by atoms with van der Waals surface area (Å²) in [5.74, 6) is 0.291. The molecule has 1 amide bonds. The van der Waals surface area contributed by atoms with Crippen LogP contribution in [0.5, 0.6) is 5.75 Å². The number of carbonyl (C=O) groups is 1. The van der Waals surface area contributed by atoms with Crippen molar-refractivity contribution >= 4 is 11.6 Å². The fourth-order valence-corrected chi connectivity index (χ4v) is 0.978. The summed E-state index contributed by atoms with van der Waals surface area (Å²) in [7, 11) is 0. The molecule has 4 nitrogen and oxygen atoms in total. The average molecular weight is 194 g/mol. The SMILES string of the molecule is Cc1ccc(OCCC(N)=O)cc1N. The van der Waals surface area contributed by atoms with Gasteiger partial charge in [-0.25, -0.2) is 0 Å². The molecule has 0 bridgehead atoms. The van der Waals surface area contributed by atoms with Gasteiger partial charge in [0.25, 0.3) is 0 Å². The molecule has 0 heterocycles. The molecule has 0 aromatic heterocycles. The lowest BCUT2D eigenvalue weighted by Gasteiger charge is -2.06. The van der Waals surface area contributed by atoms with Crippen molar-refractivity contribution in [3.8, 4) is 5.75 Å². The van der Waals surface area contributed by atoms with Gasteiger partial charge < -0.3 is 16.2 Å². The second-order valence-electron chi connectivity index (χ2n) is 3.08. The second kappa shape index (κ2) is 4.50. The first-order valence-electron chi connectivity index (χ1n) is 4.37. The molecule has 1 aromatic carbocycles. The highest BCUT2D eigenvalue weighted by atomic mass is 16.5. The van der Waals surface area contributed by atoms with Gasteiger partial charge in [-0.05, 0) is 18.6 Å². The topological polar surface area (TPSA) is 78.3 Å². The van der Waals surface area contributed by atoms with Crippen molar-refractivity contribution in [2.24, 2.45) is 5.73 Å². The van der Waals surface area contributed by atoms with Gasteiger partial charge in [-0.1, -0.05) is 6.07 Å². The molecule has 1 rings (SSSR count). The predicted octanol–water partition coefficient (Wildman–Crippen LogP) is 0.831. The van der Waals surface area contributed by atoms with E-state index in [-0.39, 0.29) is 18.9 Å². The number of anilines is 1. The smallest absolute Gasteiger partial charge is 0.220 e. The third-order valence-electron chi connectivity index (χ3n) is 1.87. The maximum atomic E-state index is 10.4. The van der Waals surface area contributed by atoms with E-state index >= 15 is 0 Å². The number of ether oxygens (including phenoxy) is 1. The molecule has 0 atom stereocenters. The number of nitrogen functional groups attached to an aromatic ring is 1. The number of aryl methyl sites for hydroxylation is 1. The minimum atomic E-state index is -0.370. The van der Waals surface area contributed by atoms with Gasteiger partial charge in [0.1, 0.15) is 5.75 Å². The number of benzene rings is 1. The van der Waals surface area contributed by atoms with Crippen LogP contribution >= 0.6 is 0 Å². The zero-order chi connectivity index (χ0) is 10.6. The molecular formula is C10H14N2O2. The van der Waals surface area contributed by atoms with Gasteiger partial charge in [-0.2, -0.15) is 0 Å². The first kappa shape index (κ1) is 10.4. The Kier molecular flexibility index (Phi) is 3.34. The van der Waals surface area contributed by atoms with Crippen LogP contribution in [0.15, 0.2) is 18.2 Å². The van der Waals surface area contributed by atoms with Gasteiger partial charge in [0, 0.05) is 11.8 Å². The van der Waals surface area contributed by atoms with E-state index in [9.17, 15) is 4.79 Å². The Labute approximate surface area is 82.8 Å². The number of hydrogen-bond acceptors (Lipinski definition) is 3. The van der Waals surface area contributed by atoms with Crippen LogP contribution < -0.4 is 16.2 Å². The van der Waals surface area contributed by atoms with Crippen LogP contribution in [0.25, 0.3) is 0 Å². The second-order valence-corrected chi connectivity index (χ2v) is 3.08. The fourth-order valence-electron chi connectivity index (χ4n) is 0.978. The summed E-state index contributed by atoms with van der Waals surface area (Å²) in [6.45, 7) is 2.21. The Morgan fingerprint density at radius 3 is 2.79 bits per heavy atom. The van der Waals surface area contributed by atoms with Crippen LogP contribution in [0.1, 0.15) is 12.0 Å². The third-order valence-corrected chi connectivity index (χ3v) is 1.87. The molecule has 0 saturated heterocycles. The third kappa shape index (κ3) is 2.97. The maximum absolute atomic E-state index is 10.4. The summed E-state index contributed by atoms with van der Waals surface area (Å²) in [6, 6.07) is 5.41. The molecule has 14 heavy (non-hydrogen) atoms. The maximum Gasteiger partial charge on any atom is 0.220 e. The van der Waals surface area contributed by atoms with Gasteiger partial charge in [-0.3, -0.25) is 4.79 Å². The number of carbonyl (C=O) groups excluding carboxylic acids is 1. The molecule has 0 aliphatic carbocycles. The molecule has 0 spiro atoms. The highest BCUT2D eigenvalue weighted by Crippen LogP contribution is 2.18. The highest BCUT2D eigenvalue weighted by molar-refractivity contribution is 5.73. The van der Waals surface area contributed by atoms with Crippen molar-refractivity contribution < 1.29 is 9.53 Å². The minimum absolute atomic E-state index is 0.216. The first-order valence-corrected chi connectivity index (χ1v) is 4.37. The molecule has 4 heteroatoms. The van der Waals surface area contributed by atoms with Crippen molar-refractivity contribution in [2.45, 2.75) is 13.3 Å². The van der Waals surface area contributed by atoms with E-state index in [4.69, 9.17) is 16.2 Å². The quantitative estimate of drug-likeness (QED) is 0.697. The molecule has 0 saturated carbocycles. The molecule has 76 valence electrons. The number of hydrogen-bond donors (Lipinski definition) is 2. The van der Waals surface area contributed by atoms with Gasteiger partial charge >= 0.3 is 0 Å². The van der Waals surface area contributed by atoms with E-state index < -0.39 is 0 Å². The summed E-state index contributed by atoms with van der Waals surface area (Å²) >= 11 is 0. The molecule has 0 radical (unpaired) electrons. The molecule has 0 unspecified atom stereocenters. The summed E-state index contributed by atoms with van der Waals surface area (Å²) in [5.41, 5.74) is 12.3. The number of nitrogens with two attached hydrogens (primary N) is 2. The van der Waals surface area contributed by atoms with E-state index in [2.05, 4.69) is 0 Å². The van der Waals surface area contributed by atoms with Crippen molar-refractivity contribution in [3.63, 3.8) is 0 Å². The van der Waals surface area contributed by atoms with Crippen molar-refractivity contribution in [3.05, 3.63) is 23.8 Å². The van der Waals surface area contributed by atoms with Crippen LogP contribution in [-0.4, -0.2) is 12.5 Å². The Hall–Kier alpha value is -1.71. The molecule has 0 fully saturated rings. The van der Waals surface area contributed by atoms with E-state index in [1.54, 1.807) is 6.07 Å². The van der Waals surface area contributed by atoms with E-state index in [0.717, 1.165) is 5.56 Å². The lowest BCUT2D eigenvalue weighted by molar-refractivity contribution is -0.118. The van der Waals surface area contributed by atoms with Crippen LogP contribution in [0.4, 0.5) is 5.69 Å². The first-order chi connectivity index (χ1) is 6.59. The molecule has 1 aromatic rings. The van der Waals surface area contributed by atoms with Crippen LogP contribution in [0.2, 0.25) is 0 Å². The normalized spacial score (nSPS) is 9.79. The fraction of sp³-hybridized carbons (Fsp3) is 0.300. The monoisotopic (exact) mass is 194 g/mol. The standard InChI is InChI=1S/C10H14N2O2/c1-7-2-3-8(6-9(7)11)14-5-4-10(12)13/h2-3,6H,4-5,11H2,1H3,(H2,12,13). The van der Waals surface area contributed by atoms with Crippen LogP contribution in [0, 0.1) is 6.92 Å². The minimum Gasteiger partial charge on any atom is -0.493 e. The predicted molar refractivity (Wildman–Crippen MR) is 54.9 cm³/mol. The van der Waals surface area contributed by atoms with Gasteiger partial charge in [0.2, 0.25) is 5.91 Å². The summed E-state index contributed by atoms with van der Waals surface area (Å²) < 4.78 is 5.27. The molecule has 0 aliphatic heterocycles. The van der Waals surface area contributed by atoms with E-state index in [0.29, 0.717) is 11.4 Å². The zero-order valence-corrected chi connectivity index (χ0v) is 8.12. The molecule has 0 aliphatic rings.